The smallest absolute Gasteiger partial charge is 0.307 e. The van der Waals surface area contributed by atoms with E-state index < -0.39 is 14.3 Å². The minimum absolute atomic E-state index is 0.00999. The summed E-state index contributed by atoms with van der Waals surface area (Å²) in [5.74, 6) is 0.643. The van der Waals surface area contributed by atoms with Crippen LogP contribution in [0.25, 0.3) is 16.8 Å². The topological polar surface area (TPSA) is 84.3 Å². The van der Waals surface area contributed by atoms with Gasteiger partial charge in [0.05, 0.1) is 11.3 Å². The van der Waals surface area contributed by atoms with Crippen molar-refractivity contribution in [2.45, 2.75) is 72.0 Å². The quantitative estimate of drug-likeness (QED) is 0.191. The molecule has 0 fully saturated rings. The molecule has 0 aliphatic rings. The van der Waals surface area contributed by atoms with Crippen LogP contribution in [0.3, 0.4) is 0 Å². The first-order valence-electron chi connectivity index (χ1n) is 12.8. The van der Waals surface area contributed by atoms with Crippen molar-refractivity contribution >= 4 is 43.2 Å². The third-order valence-corrected chi connectivity index (χ3v) is 12.4. The number of rotatable bonds is 11. The first-order chi connectivity index (χ1) is 17.4. The van der Waals surface area contributed by atoms with Crippen molar-refractivity contribution in [3.8, 4) is 10.7 Å². The highest BCUT2D eigenvalue weighted by atomic mass is 32.1. The molecule has 0 radical (unpaired) electrons. The number of hydrogen-bond acceptors (Lipinski definition) is 6. The molecule has 2 N–H and O–H groups in total. The van der Waals surface area contributed by atoms with E-state index in [9.17, 15) is 4.79 Å². The molecule has 0 atom stereocenters. The van der Waals surface area contributed by atoms with Crippen molar-refractivity contribution in [3.63, 3.8) is 0 Å². The van der Waals surface area contributed by atoms with Crippen LogP contribution in [0.2, 0.25) is 18.1 Å². The first-order valence-corrected chi connectivity index (χ1v) is 16.5. The van der Waals surface area contributed by atoms with Gasteiger partial charge in [-0.25, -0.2) is 9.97 Å². The molecule has 198 valence electrons. The van der Waals surface area contributed by atoms with E-state index in [0.29, 0.717) is 5.82 Å². The summed E-state index contributed by atoms with van der Waals surface area (Å²) in [6.45, 7) is 16.2. The molecule has 0 spiro atoms. The molecular formula is C29H39N3O3SSi. The van der Waals surface area contributed by atoms with Gasteiger partial charge in [0.25, 0.3) is 0 Å². The maximum absolute atomic E-state index is 11.0. The van der Waals surface area contributed by atoms with Gasteiger partial charge in [-0.05, 0) is 73.8 Å². The fraction of sp³-hybridized carbons (Fsp3) is 0.414. The lowest BCUT2D eigenvalue weighted by atomic mass is 10.1. The molecule has 0 bridgehead atoms. The standard InChI is InChI=1S/C29H39N3O3SSi/c1-8-24-20(2)30-28(32-27(24)31-22-14-12-21(13-15-22)19-26(33)34)25-17-16-23(36-25)11-9-10-18-35-37(6,7)29(3,4)5/h9,11-17H,8,10,18-19H2,1-7H3,(H,33,34)(H,30,31,32). The molecule has 0 saturated heterocycles. The number of carboxylic acid groups (broad SMARTS) is 1. The van der Waals surface area contributed by atoms with Gasteiger partial charge in [-0.2, -0.15) is 0 Å². The fourth-order valence-corrected chi connectivity index (χ4v) is 5.55. The summed E-state index contributed by atoms with van der Waals surface area (Å²) in [6.07, 6.45) is 6.03. The van der Waals surface area contributed by atoms with Gasteiger partial charge in [0.15, 0.2) is 14.1 Å². The highest BCUT2D eigenvalue weighted by molar-refractivity contribution is 7.16. The average Bonchev–Trinajstić information content (AvgIpc) is 3.28. The lowest BCUT2D eigenvalue weighted by Gasteiger charge is -2.36. The van der Waals surface area contributed by atoms with Gasteiger partial charge in [0.2, 0.25) is 0 Å². The zero-order valence-electron chi connectivity index (χ0n) is 23.0. The van der Waals surface area contributed by atoms with Crippen molar-refractivity contribution in [1.82, 2.24) is 9.97 Å². The predicted octanol–water partition coefficient (Wildman–Crippen LogP) is 7.87. The Balaban J connectivity index is 1.71. The van der Waals surface area contributed by atoms with Gasteiger partial charge in [-0.15, -0.1) is 11.3 Å². The summed E-state index contributed by atoms with van der Waals surface area (Å²) >= 11 is 1.67. The van der Waals surface area contributed by atoms with E-state index in [1.807, 2.05) is 31.2 Å². The molecule has 0 saturated carbocycles. The van der Waals surface area contributed by atoms with Crippen LogP contribution < -0.4 is 5.32 Å². The van der Waals surface area contributed by atoms with E-state index >= 15 is 0 Å². The van der Waals surface area contributed by atoms with Gasteiger partial charge in [-0.3, -0.25) is 4.79 Å². The van der Waals surface area contributed by atoms with E-state index in [0.717, 1.165) is 57.5 Å². The van der Waals surface area contributed by atoms with Crippen LogP contribution in [0.5, 0.6) is 0 Å². The van der Waals surface area contributed by atoms with Gasteiger partial charge in [0, 0.05) is 28.4 Å². The van der Waals surface area contributed by atoms with E-state index in [-0.39, 0.29) is 11.5 Å². The lowest BCUT2D eigenvalue weighted by molar-refractivity contribution is -0.136. The Morgan fingerprint density at radius 3 is 2.46 bits per heavy atom. The summed E-state index contributed by atoms with van der Waals surface area (Å²) < 4.78 is 6.26. The number of nitrogens with zero attached hydrogens (tertiary/aromatic N) is 2. The summed E-state index contributed by atoms with van der Waals surface area (Å²) in [7, 11) is -1.71. The molecule has 37 heavy (non-hydrogen) atoms. The predicted molar refractivity (Wildman–Crippen MR) is 157 cm³/mol. The molecule has 2 aromatic heterocycles. The van der Waals surface area contributed by atoms with Crippen LogP contribution in [0.15, 0.2) is 42.5 Å². The van der Waals surface area contributed by atoms with Crippen LogP contribution >= 0.6 is 11.3 Å². The second kappa shape index (κ2) is 12.2. The summed E-state index contributed by atoms with van der Waals surface area (Å²) in [5, 5.41) is 12.6. The van der Waals surface area contributed by atoms with Crippen LogP contribution in [0, 0.1) is 6.92 Å². The Bertz CT molecular complexity index is 1240. The SMILES string of the molecule is CCc1c(C)nc(-c2ccc(C=CCCO[Si](C)(C)C(C)(C)C)s2)nc1Nc1ccc(CC(=O)O)cc1. The van der Waals surface area contributed by atoms with E-state index in [1.54, 1.807) is 11.3 Å². The third-order valence-electron chi connectivity index (χ3n) is 6.82. The molecule has 0 aliphatic carbocycles. The molecule has 0 aliphatic heterocycles. The second-order valence-corrected chi connectivity index (χ2v) is 16.6. The molecule has 0 amide bonds. The molecule has 2 heterocycles. The van der Waals surface area contributed by atoms with Crippen molar-refractivity contribution in [2.75, 3.05) is 11.9 Å². The number of benzene rings is 1. The second-order valence-electron chi connectivity index (χ2n) is 10.7. The number of aromatic nitrogens is 2. The lowest BCUT2D eigenvalue weighted by Crippen LogP contribution is -2.40. The van der Waals surface area contributed by atoms with Crippen LogP contribution in [0.1, 0.15) is 55.8 Å². The van der Waals surface area contributed by atoms with E-state index in [1.165, 1.54) is 0 Å². The number of nitrogens with one attached hydrogen (secondary N) is 1. The summed E-state index contributed by atoms with van der Waals surface area (Å²) in [6, 6.07) is 11.6. The number of thiophene rings is 1. The zero-order valence-corrected chi connectivity index (χ0v) is 24.8. The largest absolute Gasteiger partial charge is 0.481 e. The van der Waals surface area contributed by atoms with E-state index in [2.05, 4.69) is 70.4 Å². The summed E-state index contributed by atoms with van der Waals surface area (Å²) in [4.78, 5) is 22.8. The monoisotopic (exact) mass is 537 g/mol. The number of hydrogen-bond donors (Lipinski definition) is 2. The van der Waals surface area contributed by atoms with Crippen molar-refractivity contribution in [3.05, 3.63) is 64.2 Å². The summed E-state index contributed by atoms with van der Waals surface area (Å²) in [5.41, 5.74) is 3.64. The van der Waals surface area contributed by atoms with Crippen LogP contribution in [-0.4, -0.2) is 36.0 Å². The molecule has 8 heteroatoms. The highest BCUT2D eigenvalue weighted by Gasteiger charge is 2.36. The molecule has 6 nitrogen and oxygen atoms in total. The molecular weight excluding hydrogens is 498 g/mol. The van der Waals surface area contributed by atoms with Crippen molar-refractivity contribution < 1.29 is 14.3 Å². The van der Waals surface area contributed by atoms with E-state index in [4.69, 9.17) is 19.5 Å². The van der Waals surface area contributed by atoms with Crippen LogP contribution in [0.4, 0.5) is 11.5 Å². The Labute approximate surface area is 226 Å². The van der Waals surface area contributed by atoms with Gasteiger partial charge in [-0.1, -0.05) is 45.9 Å². The van der Waals surface area contributed by atoms with Crippen molar-refractivity contribution in [2.24, 2.45) is 0 Å². The molecule has 3 rings (SSSR count). The number of carbonyl (C=O) groups is 1. The Morgan fingerprint density at radius 2 is 1.84 bits per heavy atom. The maximum atomic E-state index is 11.0. The number of aliphatic carboxylic acids is 1. The Kier molecular flexibility index (Phi) is 9.45. The minimum Gasteiger partial charge on any atom is -0.481 e. The van der Waals surface area contributed by atoms with Crippen LogP contribution in [-0.2, 0) is 22.1 Å². The minimum atomic E-state index is -1.71. The highest BCUT2D eigenvalue weighted by Crippen LogP contribution is 2.36. The maximum Gasteiger partial charge on any atom is 0.307 e. The molecule has 1 aromatic carbocycles. The Morgan fingerprint density at radius 1 is 1.14 bits per heavy atom. The fourth-order valence-electron chi connectivity index (χ4n) is 3.61. The number of anilines is 2. The molecule has 0 unspecified atom stereocenters. The average molecular weight is 538 g/mol. The van der Waals surface area contributed by atoms with Gasteiger partial charge < -0.3 is 14.8 Å². The molecule has 3 aromatic rings. The first kappa shape index (κ1) is 28.8. The number of carboxylic acids is 1. The van der Waals surface area contributed by atoms with Crippen molar-refractivity contribution in [1.29, 1.82) is 0 Å². The zero-order chi connectivity index (χ0) is 27.2. The van der Waals surface area contributed by atoms with Gasteiger partial charge >= 0.3 is 5.97 Å². The number of aryl methyl sites for hydroxylation is 1. The Hall–Kier alpha value is -2.81. The van der Waals surface area contributed by atoms with Gasteiger partial charge in [0.1, 0.15) is 5.82 Å². The normalized spacial score (nSPS) is 12.3. The third kappa shape index (κ3) is 7.83.